The van der Waals surface area contributed by atoms with Gasteiger partial charge in [0.25, 0.3) is 0 Å². The van der Waals surface area contributed by atoms with E-state index in [1.165, 1.54) is 29.8 Å². The molecule has 3 heteroatoms. The van der Waals surface area contributed by atoms with E-state index in [1.807, 2.05) is 0 Å². The quantitative estimate of drug-likeness (QED) is 0.820. The third-order valence-corrected chi connectivity index (χ3v) is 3.89. The van der Waals surface area contributed by atoms with E-state index in [2.05, 4.69) is 19.2 Å². The van der Waals surface area contributed by atoms with Gasteiger partial charge in [0.2, 0.25) is 0 Å². The Morgan fingerprint density at radius 1 is 1.31 bits per heavy atom. The van der Waals surface area contributed by atoms with E-state index in [-0.39, 0.29) is 0 Å². The molecule has 0 saturated heterocycles. The van der Waals surface area contributed by atoms with Crippen LogP contribution in [-0.4, -0.2) is 16.5 Å². The fourth-order valence-electron chi connectivity index (χ4n) is 2.39. The number of aromatic nitrogens is 2. The van der Waals surface area contributed by atoms with Crippen molar-refractivity contribution in [2.24, 2.45) is 0 Å². The first-order valence-electron chi connectivity index (χ1n) is 6.33. The molecular weight excluding hydrogens is 198 g/mol. The van der Waals surface area contributed by atoms with Gasteiger partial charge in [-0.25, -0.2) is 9.97 Å². The summed E-state index contributed by atoms with van der Waals surface area (Å²) in [6, 6.07) is 0. The van der Waals surface area contributed by atoms with Gasteiger partial charge < -0.3 is 5.32 Å². The molecule has 1 aromatic heterocycles. The molecule has 2 heterocycles. The topological polar surface area (TPSA) is 37.8 Å². The Kier molecular flexibility index (Phi) is 2.25. The number of hydrogen-bond acceptors (Lipinski definition) is 3. The molecule has 3 nitrogen and oxygen atoms in total. The van der Waals surface area contributed by atoms with Crippen LogP contribution in [0.15, 0.2) is 0 Å². The predicted molar refractivity (Wildman–Crippen MR) is 63.4 cm³/mol. The van der Waals surface area contributed by atoms with Crippen LogP contribution in [0.3, 0.4) is 0 Å². The van der Waals surface area contributed by atoms with Crippen LogP contribution >= 0.6 is 0 Å². The third kappa shape index (κ3) is 1.54. The molecule has 0 atom stereocenters. The molecule has 1 saturated carbocycles. The maximum atomic E-state index is 4.80. The van der Waals surface area contributed by atoms with Gasteiger partial charge in [-0.1, -0.05) is 13.8 Å². The monoisotopic (exact) mass is 217 g/mol. The van der Waals surface area contributed by atoms with E-state index in [4.69, 9.17) is 9.97 Å². The Labute approximate surface area is 96.7 Å². The minimum Gasteiger partial charge on any atom is -0.312 e. The summed E-state index contributed by atoms with van der Waals surface area (Å²) in [5.74, 6) is 1.10. The van der Waals surface area contributed by atoms with Crippen molar-refractivity contribution < 1.29 is 0 Å². The molecule has 0 amide bonds. The van der Waals surface area contributed by atoms with Crippen LogP contribution in [0.1, 0.15) is 49.5 Å². The summed E-state index contributed by atoms with van der Waals surface area (Å²) in [5.41, 5.74) is 4.22. The first-order chi connectivity index (χ1) is 7.73. The van der Waals surface area contributed by atoms with E-state index in [9.17, 15) is 0 Å². The molecule has 1 aliphatic heterocycles. The lowest BCUT2D eigenvalue weighted by atomic mass is 10.0. The average molecular weight is 217 g/mol. The first-order valence-corrected chi connectivity index (χ1v) is 6.33. The lowest BCUT2D eigenvalue weighted by molar-refractivity contribution is 0.595. The molecule has 16 heavy (non-hydrogen) atoms. The fraction of sp³-hybridized carbons (Fsp3) is 0.692. The van der Waals surface area contributed by atoms with Crippen molar-refractivity contribution in [2.45, 2.75) is 51.5 Å². The van der Waals surface area contributed by atoms with Crippen molar-refractivity contribution in [2.75, 3.05) is 6.54 Å². The predicted octanol–water partition coefficient (Wildman–Crippen LogP) is 1.74. The van der Waals surface area contributed by atoms with Gasteiger partial charge in [0.1, 0.15) is 5.82 Å². The second kappa shape index (κ2) is 3.52. The van der Waals surface area contributed by atoms with Gasteiger partial charge >= 0.3 is 0 Å². The summed E-state index contributed by atoms with van der Waals surface area (Å²) in [6.07, 6.45) is 4.60. The molecule has 0 radical (unpaired) electrons. The minimum absolute atomic E-state index is 0.295. The maximum absolute atomic E-state index is 4.80. The van der Waals surface area contributed by atoms with Crippen molar-refractivity contribution in [3.05, 3.63) is 22.8 Å². The second-order valence-electron chi connectivity index (χ2n) is 5.26. The van der Waals surface area contributed by atoms with Gasteiger partial charge in [0.05, 0.1) is 5.69 Å². The number of aryl methyl sites for hydroxylation is 1. The lowest BCUT2D eigenvalue weighted by Gasteiger charge is -2.21. The van der Waals surface area contributed by atoms with Crippen molar-refractivity contribution in [1.82, 2.24) is 15.3 Å². The summed E-state index contributed by atoms with van der Waals surface area (Å²) >= 11 is 0. The standard InChI is InChI=1S/C13H19N3/c1-3-10-9-8-14-7-4-11(9)16-12(15-10)13(2)5-6-13/h14H,3-8H2,1-2H3. The Morgan fingerprint density at radius 2 is 2.12 bits per heavy atom. The number of rotatable bonds is 2. The van der Waals surface area contributed by atoms with Crippen molar-refractivity contribution >= 4 is 0 Å². The van der Waals surface area contributed by atoms with Crippen LogP contribution in [0, 0.1) is 0 Å². The van der Waals surface area contributed by atoms with Crippen LogP contribution in [0.25, 0.3) is 0 Å². The summed E-state index contributed by atoms with van der Waals surface area (Å²) in [7, 11) is 0. The molecule has 1 aromatic rings. The highest BCUT2D eigenvalue weighted by molar-refractivity contribution is 5.31. The zero-order chi connectivity index (χ0) is 11.2. The summed E-state index contributed by atoms with van der Waals surface area (Å²) < 4.78 is 0. The average Bonchev–Trinajstić information content (AvgIpc) is 3.07. The lowest BCUT2D eigenvalue weighted by Crippen LogP contribution is -2.28. The number of nitrogens with zero attached hydrogens (tertiary/aromatic N) is 2. The van der Waals surface area contributed by atoms with E-state index < -0.39 is 0 Å². The van der Waals surface area contributed by atoms with Crippen LogP contribution in [0.4, 0.5) is 0 Å². The van der Waals surface area contributed by atoms with Crippen molar-refractivity contribution in [3.63, 3.8) is 0 Å². The highest BCUT2D eigenvalue weighted by atomic mass is 15.0. The summed E-state index contributed by atoms with van der Waals surface area (Å²) in [5, 5.41) is 3.41. The smallest absolute Gasteiger partial charge is 0.134 e. The molecular formula is C13H19N3. The maximum Gasteiger partial charge on any atom is 0.134 e. The Hall–Kier alpha value is -0.960. The minimum atomic E-state index is 0.295. The summed E-state index contributed by atoms with van der Waals surface area (Å²) in [6.45, 7) is 6.49. The number of hydrogen-bond donors (Lipinski definition) is 1. The van der Waals surface area contributed by atoms with Gasteiger partial charge in [0.15, 0.2) is 0 Å². The SMILES string of the molecule is CCc1nc(C2(C)CC2)nc2c1CNCC2. The van der Waals surface area contributed by atoms with Gasteiger partial charge in [-0.3, -0.25) is 0 Å². The van der Waals surface area contributed by atoms with Gasteiger partial charge in [-0.05, 0) is 19.3 Å². The molecule has 0 unspecified atom stereocenters. The van der Waals surface area contributed by atoms with Crippen LogP contribution in [0.5, 0.6) is 0 Å². The Morgan fingerprint density at radius 3 is 2.81 bits per heavy atom. The Balaban J connectivity index is 2.09. The molecule has 0 bridgehead atoms. The third-order valence-electron chi connectivity index (χ3n) is 3.89. The molecule has 1 aliphatic carbocycles. The highest BCUT2D eigenvalue weighted by Crippen LogP contribution is 2.46. The normalized spacial score (nSPS) is 21.6. The van der Waals surface area contributed by atoms with E-state index >= 15 is 0 Å². The number of fused-ring (bicyclic) bond motifs is 1. The second-order valence-corrected chi connectivity index (χ2v) is 5.26. The van der Waals surface area contributed by atoms with E-state index in [0.717, 1.165) is 31.8 Å². The van der Waals surface area contributed by atoms with Crippen molar-refractivity contribution in [3.8, 4) is 0 Å². The largest absolute Gasteiger partial charge is 0.312 e. The highest BCUT2D eigenvalue weighted by Gasteiger charge is 2.42. The van der Waals surface area contributed by atoms with E-state index in [1.54, 1.807) is 0 Å². The van der Waals surface area contributed by atoms with E-state index in [0.29, 0.717) is 5.41 Å². The zero-order valence-electron chi connectivity index (χ0n) is 10.1. The first kappa shape index (κ1) is 10.2. The Bertz CT molecular complexity index is 404. The van der Waals surface area contributed by atoms with Crippen LogP contribution in [-0.2, 0) is 24.8 Å². The van der Waals surface area contributed by atoms with Crippen molar-refractivity contribution in [1.29, 1.82) is 0 Å². The molecule has 0 aromatic carbocycles. The van der Waals surface area contributed by atoms with Crippen LogP contribution < -0.4 is 5.32 Å². The summed E-state index contributed by atoms with van der Waals surface area (Å²) in [4.78, 5) is 9.59. The molecule has 1 fully saturated rings. The van der Waals surface area contributed by atoms with Gasteiger partial charge in [0, 0.05) is 36.2 Å². The molecule has 2 aliphatic rings. The van der Waals surface area contributed by atoms with Crippen LogP contribution in [0.2, 0.25) is 0 Å². The fourth-order valence-corrected chi connectivity index (χ4v) is 2.39. The molecule has 3 rings (SSSR count). The molecule has 0 spiro atoms. The molecule has 86 valence electrons. The number of nitrogens with one attached hydrogen (secondary N) is 1. The van der Waals surface area contributed by atoms with Gasteiger partial charge in [-0.2, -0.15) is 0 Å². The zero-order valence-corrected chi connectivity index (χ0v) is 10.1. The van der Waals surface area contributed by atoms with Gasteiger partial charge in [-0.15, -0.1) is 0 Å². The molecule has 1 N–H and O–H groups in total.